The van der Waals surface area contributed by atoms with Crippen LogP contribution in [0.4, 0.5) is 0 Å². The van der Waals surface area contributed by atoms with E-state index < -0.39 is 5.34 Å². The molecule has 0 unspecified atom stereocenters. The van der Waals surface area contributed by atoms with Crippen LogP contribution in [0.2, 0.25) is 10.0 Å². The molecule has 3 heterocycles. The van der Waals surface area contributed by atoms with Crippen LogP contribution < -0.4 is 0 Å². The maximum atomic E-state index is 12.9. The minimum atomic E-state index is -1.56. The molecular formula is C22H14B2Cl2N4O. The van der Waals surface area contributed by atoms with E-state index in [0.29, 0.717) is 26.9 Å². The van der Waals surface area contributed by atoms with Crippen molar-refractivity contribution >= 4 is 55.7 Å². The van der Waals surface area contributed by atoms with Crippen molar-refractivity contribution in [2.75, 3.05) is 0 Å². The number of halogens is 2. The number of benzene rings is 2. The van der Waals surface area contributed by atoms with Crippen molar-refractivity contribution in [3.8, 4) is 11.1 Å². The van der Waals surface area contributed by atoms with Crippen LogP contribution in [0.15, 0.2) is 54.9 Å². The van der Waals surface area contributed by atoms with E-state index in [1.807, 2.05) is 43.6 Å². The highest BCUT2D eigenvalue weighted by molar-refractivity contribution is 6.42. The number of hydrogen-bond acceptors (Lipinski definition) is 3. The van der Waals surface area contributed by atoms with Crippen molar-refractivity contribution in [1.29, 1.82) is 0 Å². The first-order chi connectivity index (χ1) is 14.8. The second kappa shape index (κ2) is 7.14. The Balaban J connectivity index is 1.55. The Kier molecular flexibility index (Phi) is 4.65. The highest BCUT2D eigenvalue weighted by Gasteiger charge is 2.43. The van der Waals surface area contributed by atoms with Gasteiger partial charge >= 0.3 is 0 Å². The van der Waals surface area contributed by atoms with E-state index >= 15 is 0 Å². The number of carbonyl (C=O) groups is 1. The largest absolute Gasteiger partial charge is 0.340 e. The van der Waals surface area contributed by atoms with Gasteiger partial charge in [0.1, 0.15) is 0 Å². The van der Waals surface area contributed by atoms with Gasteiger partial charge in [-0.1, -0.05) is 35.3 Å². The Hall–Kier alpha value is -2.76. The summed E-state index contributed by atoms with van der Waals surface area (Å²) in [6, 6.07) is 12.8. The number of amides is 1. The first kappa shape index (κ1) is 20.2. The summed E-state index contributed by atoms with van der Waals surface area (Å²) in [6.45, 7) is 0.0528. The number of carbonyl (C=O) groups excluding carboxylic acids is 1. The third kappa shape index (κ3) is 3.15. The third-order valence-corrected chi connectivity index (χ3v) is 6.22. The fraction of sp³-hybridized carbons (Fsp3) is 0.136. The van der Waals surface area contributed by atoms with E-state index in [9.17, 15) is 4.79 Å². The number of hydrogen-bond donors (Lipinski definition) is 0. The van der Waals surface area contributed by atoms with Crippen molar-refractivity contribution in [3.63, 3.8) is 0 Å². The van der Waals surface area contributed by atoms with Crippen LogP contribution in [0.3, 0.4) is 0 Å². The number of rotatable bonds is 3. The summed E-state index contributed by atoms with van der Waals surface area (Å²) in [5.74, 6) is -0.315. The number of nitrogens with zero attached hydrogens (tertiary/aromatic N) is 4. The van der Waals surface area contributed by atoms with Crippen LogP contribution in [0.5, 0.6) is 0 Å². The molecule has 1 aliphatic rings. The zero-order valence-electron chi connectivity index (χ0n) is 16.5. The SMILES string of the molecule is [B]C1([B])c2ncccc2C(=O)N1Cc1c(Cl)cc(-c2cccc3nn(C)cc23)cc1Cl. The van der Waals surface area contributed by atoms with Crippen molar-refractivity contribution < 1.29 is 4.79 Å². The number of aryl methyl sites for hydroxylation is 1. The Morgan fingerprint density at radius 1 is 1.06 bits per heavy atom. The average Bonchev–Trinajstić information content (AvgIpc) is 3.20. The molecule has 0 saturated heterocycles. The summed E-state index contributed by atoms with van der Waals surface area (Å²) in [4.78, 5) is 18.4. The summed E-state index contributed by atoms with van der Waals surface area (Å²) < 4.78 is 1.76. The van der Waals surface area contributed by atoms with Crippen LogP contribution in [0.1, 0.15) is 21.6 Å². The van der Waals surface area contributed by atoms with Crippen LogP contribution >= 0.6 is 23.2 Å². The maximum Gasteiger partial charge on any atom is 0.255 e. The smallest absolute Gasteiger partial charge is 0.255 e. The van der Waals surface area contributed by atoms with E-state index in [1.165, 1.54) is 4.90 Å². The van der Waals surface area contributed by atoms with Gasteiger partial charge in [0.2, 0.25) is 0 Å². The lowest BCUT2D eigenvalue weighted by molar-refractivity contribution is 0.0731. The average molecular weight is 443 g/mol. The summed E-state index contributed by atoms with van der Waals surface area (Å²) >= 11 is 13.3. The molecule has 148 valence electrons. The molecular weight excluding hydrogens is 429 g/mol. The van der Waals surface area contributed by atoms with Crippen LogP contribution in [0.25, 0.3) is 22.0 Å². The monoisotopic (exact) mass is 442 g/mol. The topological polar surface area (TPSA) is 51.0 Å². The highest BCUT2D eigenvalue weighted by atomic mass is 35.5. The summed E-state index contributed by atoms with van der Waals surface area (Å²) in [5, 5.41) is 4.71. The van der Waals surface area contributed by atoms with Crippen molar-refractivity contribution in [2.24, 2.45) is 7.05 Å². The van der Waals surface area contributed by atoms with Crippen molar-refractivity contribution in [3.05, 3.63) is 81.7 Å². The minimum absolute atomic E-state index is 0.0528. The zero-order valence-corrected chi connectivity index (χ0v) is 18.0. The van der Waals surface area contributed by atoms with E-state index in [0.717, 1.165) is 22.0 Å². The Bertz CT molecular complexity index is 1350. The van der Waals surface area contributed by atoms with Gasteiger partial charge in [0, 0.05) is 52.3 Å². The molecule has 9 heteroatoms. The molecule has 0 N–H and O–H groups in total. The van der Waals surface area contributed by atoms with Gasteiger partial charge in [0.25, 0.3) is 5.91 Å². The third-order valence-electron chi connectivity index (χ3n) is 5.54. The maximum absolute atomic E-state index is 12.9. The van der Waals surface area contributed by atoms with Gasteiger partial charge in [-0.2, -0.15) is 5.10 Å². The lowest BCUT2D eigenvalue weighted by Crippen LogP contribution is -2.44. The fourth-order valence-electron chi connectivity index (χ4n) is 4.02. The molecule has 1 aliphatic heterocycles. The van der Waals surface area contributed by atoms with Gasteiger partial charge in [-0.25, -0.2) is 0 Å². The first-order valence-electron chi connectivity index (χ1n) is 9.53. The lowest BCUT2D eigenvalue weighted by atomic mass is 9.59. The van der Waals surface area contributed by atoms with Gasteiger partial charge in [-0.05, 0) is 41.5 Å². The molecule has 5 nitrogen and oxygen atoms in total. The Labute approximate surface area is 191 Å². The van der Waals surface area contributed by atoms with Gasteiger partial charge < -0.3 is 4.90 Å². The predicted molar refractivity (Wildman–Crippen MR) is 123 cm³/mol. The molecule has 4 aromatic rings. The van der Waals surface area contributed by atoms with Crippen LogP contribution in [-0.4, -0.2) is 41.3 Å². The summed E-state index contributed by atoms with van der Waals surface area (Å²) in [5.41, 5.74) is 3.95. The van der Waals surface area contributed by atoms with E-state index in [4.69, 9.17) is 38.9 Å². The predicted octanol–water partition coefficient (Wildman–Crippen LogP) is 4.05. The zero-order chi connectivity index (χ0) is 21.9. The number of fused-ring (bicyclic) bond motifs is 2. The van der Waals surface area contributed by atoms with Gasteiger partial charge in [-0.3, -0.25) is 14.5 Å². The van der Waals surface area contributed by atoms with Gasteiger partial charge in [0.05, 0.1) is 32.5 Å². The molecule has 2 aromatic carbocycles. The summed E-state index contributed by atoms with van der Waals surface area (Å²) in [7, 11) is 14.4. The molecule has 0 saturated carbocycles. The number of aromatic nitrogens is 3. The van der Waals surface area contributed by atoms with E-state index in [1.54, 1.807) is 23.0 Å². The molecule has 0 fully saturated rings. The minimum Gasteiger partial charge on any atom is -0.340 e. The molecule has 4 radical (unpaired) electrons. The van der Waals surface area contributed by atoms with Gasteiger partial charge in [-0.15, -0.1) is 0 Å². The first-order valence-corrected chi connectivity index (χ1v) is 10.3. The highest BCUT2D eigenvalue weighted by Crippen LogP contribution is 2.39. The Morgan fingerprint density at radius 3 is 2.48 bits per heavy atom. The molecule has 5 rings (SSSR count). The Morgan fingerprint density at radius 2 is 1.77 bits per heavy atom. The lowest BCUT2D eigenvalue weighted by Gasteiger charge is -2.33. The van der Waals surface area contributed by atoms with E-state index in [-0.39, 0.29) is 12.5 Å². The van der Waals surface area contributed by atoms with E-state index in [2.05, 4.69) is 10.1 Å². The molecule has 2 aromatic heterocycles. The van der Waals surface area contributed by atoms with Crippen molar-refractivity contribution in [1.82, 2.24) is 19.7 Å². The molecule has 1 amide bonds. The van der Waals surface area contributed by atoms with Crippen LogP contribution in [0, 0.1) is 0 Å². The standard InChI is InChI=1S/C22H14B2Cl2N4O/c1-29-10-15-13(4-2-6-19(15)28-29)12-8-17(25)16(18(26)9-12)11-30-21(31)14-5-3-7-27-20(14)22(30,23)24/h2-10H,11H2,1H3. The quantitative estimate of drug-likeness (QED) is 0.450. The number of pyridine rings is 1. The molecule has 0 bridgehead atoms. The van der Waals surface area contributed by atoms with Crippen molar-refractivity contribution in [2.45, 2.75) is 11.9 Å². The molecule has 0 aliphatic carbocycles. The second-order valence-corrected chi connectivity index (χ2v) is 8.39. The molecule has 0 spiro atoms. The normalized spacial score (nSPS) is 14.9. The second-order valence-electron chi connectivity index (χ2n) is 7.58. The summed E-state index contributed by atoms with van der Waals surface area (Å²) in [6.07, 6.45) is 3.50. The van der Waals surface area contributed by atoms with Gasteiger partial charge in [0.15, 0.2) is 0 Å². The molecule has 0 atom stereocenters. The fourth-order valence-corrected chi connectivity index (χ4v) is 4.63. The molecule has 31 heavy (non-hydrogen) atoms. The van der Waals surface area contributed by atoms with Crippen LogP contribution in [-0.2, 0) is 18.9 Å².